The first-order valence-corrected chi connectivity index (χ1v) is 12.1. The monoisotopic (exact) mass is 490 g/mol. The number of hydrogen-bond acceptors (Lipinski definition) is 8. The van der Waals surface area contributed by atoms with Gasteiger partial charge in [0.2, 0.25) is 20.0 Å². The van der Waals surface area contributed by atoms with E-state index in [4.69, 9.17) is 0 Å². The average molecular weight is 491 g/mol. The summed E-state index contributed by atoms with van der Waals surface area (Å²) in [7, 11) is -3.70. The molecule has 14 nitrogen and oxygen atoms in total. The van der Waals surface area contributed by atoms with Gasteiger partial charge in [0.1, 0.15) is 0 Å². The molecular weight excluding hydrogens is 468 g/mol. The largest absolute Gasteiger partial charge is 0.330 e. The van der Waals surface area contributed by atoms with E-state index < -0.39 is 52.3 Å². The van der Waals surface area contributed by atoms with Crippen molar-refractivity contribution < 1.29 is 16.8 Å². The van der Waals surface area contributed by atoms with Crippen LogP contribution in [0.2, 0.25) is 0 Å². The van der Waals surface area contributed by atoms with Crippen molar-refractivity contribution in [3.63, 3.8) is 0 Å². The molecule has 3 heterocycles. The number of sulfonamides is 2. The summed E-state index contributed by atoms with van der Waals surface area (Å²) in [6.07, 6.45) is 1.86. The SMILES string of the molecule is Cn1cc(S(=O)(=O)N2CCN(S(=O)(=O)c3cn(C)c(=O)n(C)c3=O)CC2)c(=O)n(C)c1=O. The van der Waals surface area contributed by atoms with Crippen LogP contribution in [0, 0.1) is 0 Å². The van der Waals surface area contributed by atoms with Crippen molar-refractivity contribution in [2.75, 3.05) is 26.2 Å². The van der Waals surface area contributed by atoms with E-state index in [0.717, 1.165) is 44.2 Å². The Morgan fingerprint density at radius 2 is 0.875 bits per heavy atom. The van der Waals surface area contributed by atoms with Gasteiger partial charge in [0.25, 0.3) is 11.1 Å². The van der Waals surface area contributed by atoms with Crippen LogP contribution in [0.4, 0.5) is 0 Å². The molecule has 0 N–H and O–H groups in total. The molecule has 0 unspecified atom stereocenters. The highest BCUT2D eigenvalue weighted by molar-refractivity contribution is 7.89. The molecule has 32 heavy (non-hydrogen) atoms. The summed E-state index contributed by atoms with van der Waals surface area (Å²) in [5.74, 6) is 0. The minimum absolute atomic E-state index is 0.278. The van der Waals surface area contributed by atoms with Gasteiger partial charge in [-0.25, -0.2) is 26.4 Å². The van der Waals surface area contributed by atoms with Crippen molar-refractivity contribution in [2.45, 2.75) is 9.79 Å². The number of hydrogen-bond donors (Lipinski definition) is 0. The number of aryl methyl sites for hydroxylation is 2. The fourth-order valence-electron chi connectivity index (χ4n) is 3.33. The highest BCUT2D eigenvalue weighted by Gasteiger charge is 2.36. The topological polar surface area (TPSA) is 163 Å². The van der Waals surface area contributed by atoms with Gasteiger partial charge in [-0.1, -0.05) is 0 Å². The summed E-state index contributed by atoms with van der Waals surface area (Å²) in [5.41, 5.74) is -3.36. The second-order valence-corrected chi connectivity index (χ2v) is 11.1. The van der Waals surface area contributed by atoms with E-state index >= 15 is 0 Å². The fraction of sp³-hybridized carbons (Fsp3) is 0.500. The van der Waals surface area contributed by atoms with E-state index in [9.17, 15) is 36.0 Å². The summed E-state index contributed by atoms with van der Waals surface area (Å²) >= 11 is 0. The molecule has 2 aromatic heterocycles. The van der Waals surface area contributed by atoms with Crippen LogP contribution >= 0.6 is 0 Å². The molecule has 0 saturated carbocycles. The maximum atomic E-state index is 13.0. The molecule has 0 radical (unpaired) electrons. The van der Waals surface area contributed by atoms with Crippen molar-refractivity contribution in [1.82, 2.24) is 26.9 Å². The quantitative estimate of drug-likeness (QED) is 0.421. The van der Waals surface area contributed by atoms with Gasteiger partial charge in [0.05, 0.1) is 0 Å². The van der Waals surface area contributed by atoms with Crippen molar-refractivity contribution in [1.29, 1.82) is 0 Å². The van der Waals surface area contributed by atoms with Gasteiger partial charge >= 0.3 is 11.4 Å². The van der Waals surface area contributed by atoms with Crippen LogP contribution in [0.15, 0.2) is 41.4 Å². The highest BCUT2D eigenvalue weighted by Crippen LogP contribution is 2.18. The van der Waals surface area contributed by atoms with Crippen molar-refractivity contribution in [3.8, 4) is 0 Å². The predicted molar refractivity (Wildman–Crippen MR) is 111 cm³/mol. The molecule has 0 amide bonds. The first-order chi connectivity index (χ1) is 14.7. The lowest BCUT2D eigenvalue weighted by molar-refractivity contribution is 0.272. The summed E-state index contributed by atoms with van der Waals surface area (Å²) in [4.78, 5) is 47.1. The number of rotatable bonds is 4. The Balaban J connectivity index is 1.92. The standard InChI is InChI=1S/C16H22N6O8S2/c1-17-9-11(13(23)19(3)15(17)25)31(27,28)21-5-7-22(8-6-21)32(29,30)12-10-18(2)16(26)20(4)14(12)24/h9-10H,5-8H2,1-4H3. The van der Waals surface area contributed by atoms with E-state index in [-0.39, 0.29) is 26.2 Å². The Bertz CT molecular complexity index is 1420. The molecule has 0 aromatic carbocycles. The number of nitrogens with zero attached hydrogens (tertiary/aromatic N) is 6. The van der Waals surface area contributed by atoms with Crippen molar-refractivity contribution in [2.24, 2.45) is 28.2 Å². The van der Waals surface area contributed by atoms with Gasteiger partial charge in [-0.3, -0.25) is 18.7 Å². The van der Waals surface area contributed by atoms with Crippen LogP contribution in [0.25, 0.3) is 0 Å². The Labute approximate surface area is 182 Å². The first-order valence-electron chi connectivity index (χ1n) is 9.25. The highest BCUT2D eigenvalue weighted by atomic mass is 32.2. The summed E-state index contributed by atoms with van der Waals surface area (Å²) < 4.78 is 57.0. The van der Waals surface area contributed by atoms with Crippen LogP contribution < -0.4 is 22.5 Å². The first kappa shape index (κ1) is 23.8. The molecule has 3 rings (SSSR count). The van der Waals surface area contributed by atoms with E-state index in [0.29, 0.717) is 9.13 Å². The van der Waals surface area contributed by atoms with Crippen LogP contribution in [0.1, 0.15) is 0 Å². The Hall–Kier alpha value is -2.82. The van der Waals surface area contributed by atoms with E-state index in [1.165, 1.54) is 14.1 Å². The summed E-state index contributed by atoms with van der Waals surface area (Å²) in [6.45, 7) is -1.11. The lowest BCUT2D eigenvalue weighted by Crippen LogP contribution is -2.53. The van der Waals surface area contributed by atoms with Crippen LogP contribution in [0.3, 0.4) is 0 Å². The number of aromatic nitrogens is 4. The van der Waals surface area contributed by atoms with E-state index in [1.807, 2.05) is 0 Å². The van der Waals surface area contributed by atoms with Gasteiger partial charge in [-0.2, -0.15) is 8.61 Å². The fourth-order valence-corrected chi connectivity index (χ4v) is 6.47. The minimum Gasteiger partial charge on any atom is -0.302 e. The van der Waals surface area contributed by atoms with Gasteiger partial charge in [0, 0.05) is 66.8 Å². The zero-order valence-corrected chi connectivity index (χ0v) is 19.4. The molecule has 0 bridgehead atoms. The molecule has 1 aliphatic heterocycles. The third-order valence-corrected chi connectivity index (χ3v) is 9.02. The van der Waals surface area contributed by atoms with Gasteiger partial charge in [-0.05, 0) is 0 Å². The predicted octanol–water partition coefficient (Wildman–Crippen LogP) is -3.82. The van der Waals surface area contributed by atoms with Crippen LogP contribution in [-0.4, -0.2) is 69.9 Å². The second-order valence-electron chi connectivity index (χ2n) is 7.31. The molecule has 0 spiro atoms. The molecule has 16 heteroatoms. The lowest BCUT2D eigenvalue weighted by atomic mass is 10.4. The Morgan fingerprint density at radius 3 is 1.16 bits per heavy atom. The molecule has 0 atom stereocenters. The average Bonchev–Trinajstić information content (AvgIpc) is 2.75. The third-order valence-electron chi connectivity index (χ3n) is 5.26. The molecule has 0 aliphatic carbocycles. The molecule has 1 aliphatic rings. The zero-order valence-electron chi connectivity index (χ0n) is 17.7. The van der Waals surface area contributed by atoms with Crippen molar-refractivity contribution in [3.05, 3.63) is 54.1 Å². The van der Waals surface area contributed by atoms with Crippen molar-refractivity contribution >= 4 is 20.0 Å². The van der Waals surface area contributed by atoms with Gasteiger partial charge in [-0.15, -0.1) is 0 Å². The second kappa shape index (κ2) is 7.95. The molecule has 176 valence electrons. The molecule has 2 aromatic rings. The minimum atomic E-state index is -4.31. The van der Waals surface area contributed by atoms with E-state index in [1.54, 1.807) is 0 Å². The number of piperazine rings is 1. The Morgan fingerprint density at radius 1 is 0.594 bits per heavy atom. The maximum Gasteiger partial charge on any atom is 0.330 e. The normalized spacial score (nSPS) is 16.4. The molecule has 1 fully saturated rings. The molecular formula is C16H22N6O8S2. The molecule has 1 saturated heterocycles. The summed E-state index contributed by atoms with van der Waals surface area (Å²) in [5, 5.41) is 0. The van der Waals surface area contributed by atoms with Gasteiger partial charge in [0.15, 0.2) is 9.79 Å². The van der Waals surface area contributed by atoms with Crippen LogP contribution in [0.5, 0.6) is 0 Å². The zero-order chi connectivity index (χ0) is 24.2. The van der Waals surface area contributed by atoms with Crippen LogP contribution in [-0.2, 0) is 48.2 Å². The third kappa shape index (κ3) is 3.68. The maximum absolute atomic E-state index is 13.0. The van der Waals surface area contributed by atoms with E-state index in [2.05, 4.69) is 0 Å². The smallest absolute Gasteiger partial charge is 0.302 e. The summed E-state index contributed by atoms with van der Waals surface area (Å²) in [6, 6.07) is 0. The Kier molecular flexibility index (Phi) is 5.92. The van der Waals surface area contributed by atoms with Gasteiger partial charge < -0.3 is 9.13 Å². The lowest BCUT2D eigenvalue weighted by Gasteiger charge is -2.33.